The average molecular weight is 308 g/mol. The second-order valence-electron chi connectivity index (χ2n) is 6.39. The number of halogens is 1. The van der Waals surface area contributed by atoms with Crippen LogP contribution in [-0.4, -0.2) is 35.6 Å². The maximum atomic E-state index is 13.1. The van der Waals surface area contributed by atoms with Crippen LogP contribution in [0.25, 0.3) is 0 Å². The lowest BCUT2D eigenvalue weighted by Gasteiger charge is -2.46. The fourth-order valence-corrected chi connectivity index (χ4v) is 3.83. The Balaban J connectivity index is 1.84. The van der Waals surface area contributed by atoms with Crippen LogP contribution in [0, 0.1) is 5.92 Å². The summed E-state index contributed by atoms with van der Waals surface area (Å²) in [6, 6.07) is 7.74. The molecule has 1 aromatic rings. The van der Waals surface area contributed by atoms with E-state index in [0.29, 0.717) is 11.6 Å². The van der Waals surface area contributed by atoms with Crippen LogP contribution in [0.3, 0.4) is 0 Å². The number of carbonyl (C=O) groups excluding carboxylic acids is 1. The van der Waals surface area contributed by atoms with Gasteiger partial charge in [0.1, 0.15) is 0 Å². The Morgan fingerprint density at radius 3 is 2.81 bits per heavy atom. The van der Waals surface area contributed by atoms with Crippen LogP contribution in [0.1, 0.15) is 37.7 Å². The van der Waals surface area contributed by atoms with E-state index < -0.39 is 0 Å². The standard InChI is InChI=1S/C17H22ClNO2/c18-15-6-1-5-14(10-15)17(7-3-8-17)16(21)19-9-2-4-13(11-19)12-20/h1,5-6,10,13,20H,2-4,7-9,11-12H2. The molecule has 4 heteroatoms. The quantitative estimate of drug-likeness (QED) is 0.932. The Kier molecular flexibility index (Phi) is 4.23. The zero-order chi connectivity index (χ0) is 14.9. The molecule has 0 spiro atoms. The SMILES string of the molecule is O=C(N1CCCC(CO)C1)C1(c2cccc(Cl)c2)CCC1. The minimum atomic E-state index is -0.373. The summed E-state index contributed by atoms with van der Waals surface area (Å²) in [4.78, 5) is 15.0. The van der Waals surface area contributed by atoms with Crippen LogP contribution in [0.2, 0.25) is 5.02 Å². The summed E-state index contributed by atoms with van der Waals surface area (Å²) in [6.45, 7) is 1.68. The summed E-state index contributed by atoms with van der Waals surface area (Å²) in [7, 11) is 0. The van der Waals surface area contributed by atoms with E-state index in [1.54, 1.807) is 0 Å². The van der Waals surface area contributed by atoms with Crippen LogP contribution >= 0.6 is 11.6 Å². The number of benzene rings is 1. The van der Waals surface area contributed by atoms with Gasteiger partial charge in [-0.15, -0.1) is 0 Å². The van der Waals surface area contributed by atoms with Gasteiger partial charge in [-0.05, 0) is 49.3 Å². The van der Waals surface area contributed by atoms with Crippen molar-refractivity contribution in [3.63, 3.8) is 0 Å². The molecular weight excluding hydrogens is 286 g/mol. The molecule has 0 bridgehead atoms. The Morgan fingerprint density at radius 1 is 1.38 bits per heavy atom. The van der Waals surface area contributed by atoms with Crippen molar-refractivity contribution in [2.75, 3.05) is 19.7 Å². The van der Waals surface area contributed by atoms with E-state index in [1.165, 1.54) is 0 Å². The number of likely N-dealkylation sites (tertiary alicyclic amines) is 1. The number of rotatable bonds is 3. The highest BCUT2D eigenvalue weighted by Crippen LogP contribution is 2.46. The first kappa shape index (κ1) is 14.9. The molecule has 1 saturated heterocycles. The van der Waals surface area contributed by atoms with Gasteiger partial charge < -0.3 is 10.0 Å². The molecule has 114 valence electrons. The lowest BCUT2D eigenvalue weighted by atomic mass is 9.63. The second-order valence-corrected chi connectivity index (χ2v) is 6.82. The van der Waals surface area contributed by atoms with E-state index in [1.807, 2.05) is 29.2 Å². The maximum absolute atomic E-state index is 13.1. The number of nitrogens with zero attached hydrogens (tertiary/aromatic N) is 1. The second kappa shape index (κ2) is 5.98. The van der Waals surface area contributed by atoms with E-state index >= 15 is 0 Å². The fraction of sp³-hybridized carbons (Fsp3) is 0.588. The van der Waals surface area contributed by atoms with Gasteiger partial charge >= 0.3 is 0 Å². The summed E-state index contributed by atoms with van der Waals surface area (Å²) >= 11 is 6.11. The third-order valence-corrected chi connectivity index (χ3v) is 5.29. The van der Waals surface area contributed by atoms with Crippen LogP contribution in [0.4, 0.5) is 0 Å². The predicted octanol–water partition coefficient (Wildman–Crippen LogP) is 2.99. The summed E-state index contributed by atoms with van der Waals surface area (Å²) in [5.74, 6) is 0.466. The fourth-order valence-electron chi connectivity index (χ4n) is 3.64. The molecule has 1 saturated carbocycles. The highest BCUT2D eigenvalue weighted by atomic mass is 35.5. The lowest BCUT2D eigenvalue weighted by molar-refractivity contribution is -0.143. The van der Waals surface area contributed by atoms with Gasteiger partial charge in [-0.3, -0.25) is 4.79 Å². The highest BCUT2D eigenvalue weighted by Gasteiger charge is 2.48. The summed E-state index contributed by atoms with van der Waals surface area (Å²) in [5, 5.41) is 10.1. The molecule has 3 rings (SSSR count). The molecule has 2 aliphatic rings. The number of amides is 1. The Hall–Kier alpha value is -1.06. The minimum absolute atomic E-state index is 0.175. The van der Waals surface area contributed by atoms with Crippen molar-refractivity contribution in [1.82, 2.24) is 4.90 Å². The van der Waals surface area contributed by atoms with E-state index in [2.05, 4.69) is 0 Å². The molecule has 21 heavy (non-hydrogen) atoms. The van der Waals surface area contributed by atoms with E-state index in [4.69, 9.17) is 11.6 Å². The monoisotopic (exact) mass is 307 g/mol. The number of carbonyl (C=O) groups is 1. The van der Waals surface area contributed by atoms with E-state index in [-0.39, 0.29) is 23.8 Å². The zero-order valence-electron chi connectivity index (χ0n) is 12.2. The van der Waals surface area contributed by atoms with Crippen molar-refractivity contribution >= 4 is 17.5 Å². The van der Waals surface area contributed by atoms with Crippen molar-refractivity contribution in [1.29, 1.82) is 0 Å². The van der Waals surface area contributed by atoms with Gasteiger partial charge in [-0.25, -0.2) is 0 Å². The smallest absolute Gasteiger partial charge is 0.233 e. The van der Waals surface area contributed by atoms with Crippen molar-refractivity contribution in [2.24, 2.45) is 5.92 Å². The van der Waals surface area contributed by atoms with Crippen molar-refractivity contribution < 1.29 is 9.90 Å². The largest absolute Gasteiger partial charge is 0.396 e. The third kappa shape index (κ3) is 2.69. The first-order valence-electron chi connectivity index (χ1n) is 7.82. The third-order valence-electron chi connectivity index (χ3n) is 5.06. The van der Waals surface area contributed by atoms with Gasteiger partial charge in [0.25, 0.3) is 0 Å². The van der Waals surface area contributed by atoms with Crippen LogP contribution in [0.15, 0.2) is 24.3 Å². The van der Waals surface area contributed by atoms with Gasteiger partial charge in [-0.2, -0.15) is 0 Å². The molecule has 1 unspecified atom stereocenters. The average Bonchev–Trinajstić information content (AvgIpc) is 2.46. The maximum Gasteiger partial charge on any atom is 0.233 e. The van der Waals surface area contributed by atoms with Gasteiger partial charge in [0.2, 0.25) is 5.91 Å². The predicted molar refractivity (Wildman–Crippen MR) is 83.4 cm³/mol. The Morgan fingerprint density at radius 2 is 2.19 bits per heavy atom. The normalized spacial score (nSPS) is 24.5. The Labute approximate surface area is 130 Å². The molecule has 1 aromatic carbocycles. The molecule has 1 aliphatic heterocycles. The first-order valence-corrected chi connectivity index (χ1v) is 8.20. The molecule has 2 fully saturated rings. The molecule has 3 nitrogen and oxygen atoms in total. The summed E-state index contributed by atoms with van der Waals surface area (Å²) in [5.41, 5.74) is 0.680. The van der Waals surface area contributed by atoms with Gasteiger partial charge in [-0.1, -0.05) is 30.2 Å². The molecular formula is C17H22ClNO2. The lowest BCUT2D eigenvalue weighted by Crippen LogP contribution is -2.53. The molecule has 1 aliphatic carbocycles. The molecule has 0 radical (unpaired) electrons. The molecule has 1 heterocycles. The molecule has 1 N–H and O–H groups in total. The highest BCUT2D eigenvalue weighted by molar-refractivity contribution is 6.30. The molecule has 1 atom stereocenters. The zero-order valence-corrected chi connectivity index (χ0v) is 13.0. The van der Waals surface area contributed by atoms with Crippen molar-refractivity contribution in [2.45, 2.75) is 37.5 Å². The first-order chi connectivity index (χ1) is 10.2. The topological polar surface area (TPSA) is 40.5 Å². The van der Waals surface area contributed by atoms with E-state index in [0.717, 1.165) is 44.2 Å². The Bertz CT molecular complexity index is 527. The van der Waals surface area contributed by atoms with Crippen LogP contribution in [-0.2, 0) is 10.2 Å². The van der Waals surface area contributed by atoms with Crippen LogP contribution < -0.4 is 0 Å². The van der Waals surface area contributed by atoms with Crippen molar-refractivity contribution in [3.8, 4) is 0 Å². The van der Waals surface area contributed by atoms with Gasteiger partial charge in [0, 0.05) is 24.7 Å². The van der Waals surface area contributed by atoms with Gasteiger partial charge in [0.05, 0.1) is 5.41 Å². The molecule has 1 amide bonds. The minimum Gasteiger partial charge on any atom is -0.396 e. The number of aliphatic hydroxyl groups is 1. The number of piperidine rings is 1. The number of aliphatic hydroxyl groups excluding tert-OH is 1. The van der Waals surface area contributed by atoms with E-state index in [9.17, 15) is 9.90 Å². The van der Waals surface area contributed by atoms with Crippen LogP contribution in [0.5, 0.6) is 0 Å². The summed E-state index contributed by atoms with van der Waals surface area (Å²) in [6.07, 6.45) is 4.92. The number of hydrogen-bond acceptors (Lipinski definition) is 2. The summed E-state index contributed by atoms with van der Waals surface area (Å²) < 4.78 is 0. The van der Waals surface area contributed by atoms with Crippen molar-refractivity contribution in [3.05, 3.63) is 34.9 Å². The molecule has 0 aromatic heterocycles. The van der Waals surface area contributed by atoms with Gasteiger partial charge in [0.15, 0.2) is 0 Å². The number of hydrogen-bond donors (Lipinski definition) is 1.